The predicted molar refractivity (Wildman–Crippen MR) is 132 cm³/mol. The third-order valence-electron chi connectivity index (χ3n) is 5.90. The second kappa shape index (κ2) is 9.63. The lowest BCUT2D eigenvalue weighted by molar-refractivity contribution is -0.120. The van der Waals surface area contributed by atoms with Gasteiger partial charge in [0.05, 0.1) is 0 Å². The van der Waals surface area contributed by atoms with Gasteiger partial charge in [0.2, 0.25) is 5.91 Å². The monoisotopic (exact) mass is 448 g/mol. The third kappa shape index (κ3) is 4.69. The summed E-state index contributed by atoms with van der Waals surface area (Å²) in [5.41, 5.74) is 3.25. The van der Waals surface area contributed by atoms with E-state index in [1.807, 2.05) is 97.1 Å². The van der Waals surface area contributed by atoms with Crippen LogP contribution in [0.15, 0.2) is 109 Å². The zero-order chi connectivity index (χ0) is 23.3. The number of anilines is 1. The Bertz CT molecular complexity index is 1290. The van der Waals surface area contributed by atoms with E-state index in [0.29, 0.717) is 30.0 Å². The molecule has 1 unspecified atom stereocenters. The maximum absolute atomic E-state index is 13.4. The first-order chi connectivity index (χ1) is 16.7. The minimum Gasteiger partial charge on any atom is -0.457 e. The largest absolute Gasteiger partial charge is 0.457 e. The molecule has 5 rings (SSSR count). The number of para-hydroxylation sites is 1. The smallest absolute Gasteiger partial charge is 0.255 e. The van der Waals surface area contributed by atoms with Gasteiger partial charge in [-0.1, -0.05) is 66.7 Å². The van der Waals surface area contributed by atoms with E-state index in [2.05, 4.69) is 5.32 Å². The first kappa shape index (κ1) is 21.5. The molecule has 0 saturated heterocycles. The summed E-state index contributed by atoms with van der Waals surface area (Å²) in [5, 5.41) is 2.99. The van der Waals surface area contributed by atoms with Gasteiger partial charge in [-0.15, -0.1) is 0 Å². The average molecular weight is 449 g/mol. The molecule has 0 bridgehead atoms. The molecule has 0 aromatic heterocycles. The molecule has 1 aliphatic rings. The fourth-order valence-corrected chi connectivity index (χ4v) is 4.17. The number of rotatable bonds is 7. The van der Waals surface area contributed by atoms with E-state index in [0.717, 1.165) is 16.9 Å². The Morgan fingerprint density at radius 3 is 2.12 bits per heavy atom. The number of fused-ring (bicyclic) bond motifs is 1. The zero-order valence-electron chi connectivity index (χ0n) is 18.6. The van der Waals surface area contributed by atoms with Crippen molar-refractivity contribution in [1.29, 1.82) is 0 Å². The van der Waals surface area contributed by atoms with Gasteiger partial charge in [-0.25, -0.2) is 0 Å². The first-order valence-corrected chi connectivity index (χ1v) is 11.2. The quantitative estimate of drug-likeness (QED) is 0.395. The molecule has 4 aromatic rings. The van der Waals surface area contributed by atoms with Crippen molar-refractivity contribution in [3.05, 3.63) is 126 Å². The van der Waals surface area contributed by atoms with Crippen LogP contribution in [0, 0.1) is 0 Å². The Morgan fingerprint density at radius 2 is 1.41 bits per heavy atom. The molecule has 0 spiro atoms. The summed E-state index contributed by atoms with van der Waals surface area (Å²) >= 11 is 0. The highest BCUT2D eigenvalue weighted by Crippen LogP contribution is 2.27. The number of nitrogens with zero attached hydrogens (tertiary/aromatic N) is 1. The number of amides is 2. The van der Waals surface area contributed by atoms with Gasteiger partial charge in [-0.2, -0.15) is 0 Å². The second-order valence-electron chi connectivity index (χ2n) is 8.22. The van der Waals surface area contributed by atoms with E-state index in [9.17, 15) is 9.59 Å². The van der Waals surface area contributed by atoms with Crippen LogP contribution in [0.25, 0.3) is 0 Å². The summed E-state index contributed by atoms with van der Waals surface area (Å²) in [6.45, 7) is 0.420. The van der Waals surface area contributed by atoms with Crippen LogP contribution >= 0.6 is 0 Å². The van der Waals surface area contributed by atoms with Crippen molar-refractivity contribution >= 4 is 17.5 Å². The van der Waals surface area contributed by atoms with Crippen molar-refractivity contribution in [1.82, 2.24) is 4.90 Å². The van der Waals surface area contributed by atoms with Gasteiger partial charge in [0, 0.05) is 24.2 Å². The highest BCUT2D eigenvalue weighted by Gasteiger charge is 2.36. The maximum Gasteiger partial charge on any atom is 0.255 e. The van der Waals surface area contributed by atoms with Crippen molar-refractivity contribution in [3.63, 3.8) is 0 Å². The van der Waals surface area contributed by atoms with Crippen molar-refractivity contribution in [2.75, 3.05) is 5.32 Å². The number of carbonyl (C=O) groups is 2. The molecule has 4 aromatic carbocycles. The fourth-order valence-electron chi connectivity index (χ4n) is 4.17. The number of hydrogen-bond acceptors (Lipinski definition) is 3. The van der Waals surface area contributed by atoms with Crippen molar-refractivity contribution < 1.29 is 14.3 Å². The van der Waals surface area contributed by atoms with Gasteiger partial charge >= 0.3 is 0 Å². The maximum atomic E-state index is 13.4. The van der Waals surface area contributed by atoms with E-state index >= 15 is 0 Å². The minimum absolute atomic E-state index is 0.113. The highest BCUT2D eigenvalue weighted by molar-refractivity contribution is 6.03. The van der Waals surface area contributed by atoms with Crippen LogP contribution in [0.1, 0.15) is 21.5 Å². The van der Waals surface area contributed by atoms with E-state index < -0.39 is 6.04 Å². The molecule has 1 atom stereocenters. The van der Waals surface area contributed by atoms with Gasteiger partial charge in [-0.3, -0.25) is 9.59 Å². The van der Waals surface area contributed by atoms with Crippen LogP contribution in [-0.4, -0.2) is 22.8 Å². The molecule has 34 heavy (non-hydrogen) atoms. The summed E-state index contributed by atoms with van der Waals surface area (Å²) < 4.78 is 5.83. The summed E-state index contributed by atoms with van der Waals surface area (Å²) in [6.07, 6.45) is 0.432. The van der Waals surface area contributed by atoms with Crippen molar-refractivity contribution in [2.24, 2.45) is 0 Å². The third-order valence-corrected chi connectivity index (χ3v) is 5.90. The van der Waals surface area contributed by atoms with Gasteiger partial charge in [0.1, 0.15) is 17.5 Å². The van der Waals surface area contributed by atoms with Crippen LogP contribution in [0.5, 0.6) is 11.5 Å². The van der Waals surface area contributed by atoms with E-state index in [1.54, 1.807) is 17.0 Å². The molecule has 168 valence electrons. The SMILES string of the molecule is O=C(Nc1ccc(Oc2ccccc2)cc1)C(Cc1ccccc1)N1Cc2ccccc2C1=O. The van der Waals surface area contributed by atoms with Gasteiger partial charge in [-0.05, 0) is 53.6 Å². The Morgan fingerprint density at radius 1 is 0.794 bits per heavy atom. The lowest BCUT2D eigenvalue weighted by Gasteiger charge is -2.27. The predicted octanol–water partition coefficient (Wildman–Crippen LogP) is 5.68. The number of carbonyl (C=O) groups excluding carboxylic acids is 2. The Labute approximate surface area is 198 Å². The van der Waals surface area contributed by atoms with Crippen LogP contribution in [0.3, 0.4) is 0 Å². The van der Waals surface area contributed by atoms with Crippen LogP contribution < -0.4 is 10.1 Å². The Balaban J connectivity index is 1.34. The number of hydrogen-bond donors (Lipinski definition) is 1. The molecule has 2 amide bonds. The summed E-state index contributed by atoms with van der Waals surface area (Å²) in [6, 6.07) is 33.4. The molecule has 0 aliphatic carbocycles. The Hall–Kier alpha value is -4.38. The summed E-state index contributed by atoms with van der Waals surface area (Å²) in [5.74, 6) is 1.09. The van der Waals surface area contributed by atoms with Crippen molar-refractivity contribution in [3.8, 4) is 11.5 Å². The molecular weight excluding hydrogens is 424 g/mol. The zero-order valence-corrected chi connectivity index (χ0v) is 18.6. The standard InChI is InChI=1S/C29H24N2O3/c32-28(30-23-15-17-25(18-16-23)34-24-12-5-2-6-13-24)27(19-21-9-3-1-4-10-21)31-20-22-11-7-8-14-26(22)29(31)33/h1-18,27H,19-20H2,(H,30,32). The van der Waals surface area contributed by atoms with Crippen molar-refractivity contribution in [2.45, 2.75) is 19.0 Å². The lowest BCUT2D eigenvalue weighted by atomic mass is 10.0. The van der Waals surface area contributed by atoms with Crippen LogP contribution in [0.2, 0.25) is 0 Å². The number of nitrogens with one attached hydrogen (secondary N) is 1. The molecule has 0 fully saturated rings. The van der Waals surface area contributed by atoms with Gasteiger partial charge in [0.15, 0.2) is 0 Å². The summed E-state index contributed by atoms with van der Waals surface area (Å²) in [7, 11) is 0. The molecule has 1 aliphatic heterocycles. The average Bonchev–Trinajstić information content (AvgIpc) is 3.21. The van der Waals surface area contributed by atoms with E-state index in [-0.39, 0.29) is 11.8 Å². The van der Waals surface area contributed by atoms with Crippen LogP contribution in [0.4, 0.5) is 5.69 Å². The summed E-state index contributed by atoms with van der Waals surface area (Å²) in [4.78, 5) is 28.2. The lowest BCUT2D eigenvalue weighted by Crippen LogP contribution is -2.45. The first-order valence-electron chi connectivity index (χ1n) is 11.2. The second-order valence-corrected chi connectivity index (χ2v) is 8.22. The van der Waals surface area contributed by atoms with Gasteiger partial charge in [0.25, 0.3) is 5.91 Å². The number of ether oxygens (including phenoxy) is 1. The fraction of sp³-hybridized carbons (Fsp3) is 0.103. The Kier molecular flexibility index (Phi) is 6.08. The van der Waals surface area contributed by atoms with Gasteiger partial charge < -0.3 is 15.0 Å². The molecule has 5 heteroatoms. The molecule has 1 heterocycles. The molecule has 5 nitrogen and oxygen atoms in total. The topological polar surface area (TPSA) is 58.6 Å². The van der Waals surface area contributed by atoms with E-state index in [4.69, 9.17) is 4.74 Å². The van der Waals surface area contributed by atoms with E-state index in [1.165, 1.54) is 0 Å². The normalized spacial score (nSPS) is 13.3. The molecular formula is C29H24N2O3. The van der Waals surface area contributed by atoms with Crippen LogP contribution in [-0.2, 0) is 17.8 Å². The highest BCUT2D eigenvalue weighted by atomic mass is 16.5. The molecule has 1 N–H and O–H groups in total. The molecule has 0 saturated carbocycles. The minimum atomic E-state index is -0.637. The molecule has 0 radical (unpaired) electrons. The number of benzene rings is 4.